The molecule has 3 aliphatic rings. The molecule has 0 radical (unpaired) electrons. The molecule has 0 saturated heterocycles. The Morgan fingerprint density at radius 1 is 1.30 bits per heavy atom. The van der Waals surface area contributed by atoms with Gasteiger partial charge in [-0.1, -0.05) is 51.0 Å². The first-order valence-electron chi connectivity index (χ1n) is 12.1. The summed E-state index contributed by atoms with van der Waals surface area (Å²) >= 11 is 0. The van der Waals surface area contributed by atoms with Crippen molar-refractivity contribution in [3.63, 3.8) is 0 Å². The summed E-state index contributed by atoms with van der Waals surface area (Å²) < 4.78 is 28.0. The number of alkyl halides is 2. The Balaban J connectivity index is 1.70. The molecule has 0 amide bonds. The molecule has 0 aromatic rings. The zero-order valence-corrected chi connectivity index (χ0v) is 19.5. The highest BCUT2D eigenvalue weighted by Crippen LogP contribution is 2.60. The summed E-state index contributed by atoms with van der Waals surface area (Å²) in [6.45, 7) is 12.1. The molecule has 0 unspecified atom stereocenters. The van der Waals surface area contributed by atoms with Crippen molar-refractivity contribution < 1.29 is 13.9 Å². The van der Waals surface area contributed by atoms with Crippen molar-refractivity contribution in [2.75, 3.05) is 0 Å². The fourth-order valence-electron chi connectivity index (χ4n) is 6.69. The van der Waals surface area contributed by atoms with E-state index in [0.29, 0.717) is 41.6 Å². The van der Waals surface area contributed by atoms with Crippen molar-refractivity contribution in [2.45, 2.75) is 110 Å². The molecule has 0 aromatic carbocycles. The molecular weight excluding hydrogens is 378 g/mol. The Morgan fingerprint density at radius 2 is 2.03 bits per heavy atom. The first-order valence-corrected chi connectivity index (χ1v) is 12.1. The van der Waals surface area contributed by atoms with Crippen LogP contribution in [0.3, 0.4) is 0 Å². The SMILES string of the molecule is C=C1/C(=C\C=C2/CCC[C@]3(C)[C@@H]([C@H](C)CCCC(C)(C)F)CC[C@@H]23)C[C@H](O)C[C@H]1F. The third kappa shape index (κ3) is 5.26. The number of aliphatic hydroxyl groups is 1. The number of fused-ring (bicyclic) bond motifs is 1. The Labute approximate surface area is 182 Å². The number of rotatable bonds is 6. The third-order valence-electron chi connectivity index (χ3n) is 8.38. The average molecular weight is 421 g/mol. The van der Waals surface area contributed by atoms with Crippen LogP contribution in [0.15, 0.2) is 35.5 Å². The molecule has 3 heteroatoms. The Bertz CT molecular complexity index is 685. The van der Waals surface area contributed by atoms with Gasteiger partial charge in [-0.3, -0.25) is 0 Å². The molecule has 1 nitrogen and oxygen atoms in total. The van der Waals surface area contributed by atoms with Gasteiger partial charge in [0, 0.05) is 6.42 Å². The Hall–Kier alpha value is -0.960. The van der Waals surface area contributed by atoms with Gasteiger partial charge in [-0.2, -0.15) is 0 Å². The molecule has 30 heavy (non-hydrogen) atoms. The lowest BCUT2D eigenvalue weighted by Crippen LogP contribution is -2.36. The van der Waals surface area contributed by atoms with E-state index in [4.69, 9.17) is 0 Å². The van der Waals surface area contributed by atoms with Crippen molar-refractivity contribution in [3.8, 4) is 0 Å². The highest BCUT2D eigenvalue weighted by molar-refractivity contribution is 5.38. The number of aliphatic hydroxyl groups excluding tert-OH is 1. The summed E-state index contributed by atoms with van der Waals surface area (Å²) in [5.41, 5.74) is 2.17. The number of halogens is 2. The lowest BCUT2D eigenvalue weighted by Gasteiger charge is -2.44. The molecule has 0 aliphatic heterocycles. The smallest absolute Gasteiger partial charge is 0.127 e. The predicted octanol–water partition coefficient (Wildman–Crippen LogP) is 7.66. The van der Waals surface area contributed by atoms with Gasteiger partial charge < -0.3 is 5.11 Å². The van der Waals surface area contributed by atoms with E-state index in [1.807, 2.05) is 6.08 Å². The molecule has 0 bridgehead atoms. The zero-order chi connectivity index (χ0) is 22.1. The van der Waals surface area contributed by atoms with Gasteiger partial charge in [0.25, 0.3) is 0 Å². The van der Waals surface area contributed by atoms with Crippen LogP contribution < -0.4 is 0 Å². The minimum absolute atomic E-state index is 0.173. The molecule has 3 aliphatic carbocycles. The maximum atomic E-state index is 14.1. The van der Waals surface area contributed by atoms with Gasteiger partial charge in [0.2, 0.25) is 0 Å². The van der Waals surface area contributed by atoms with Gasteiger partial charge in [-0.25, -0.2) is 8.78 Å². The van der Waals surface area contributed by atoms with Crippen LogP contribution in [0.25, 0.3) is 0 Å². The van der Waals surface area contributed by atoms with Crippen molar-refractivity contribution in [1.82, 2.24) is 0 Å². The van der Waals surface area contributed by atoms with E-state index in [2.05, 4.69) is 26.5 Å². The lowest BCUT2D eigenvalue weighted by molar-refractivity contribution is 0.0903. The number of hydrogen-bond donors (Lipinski definition) is 1. The molecule has 1 N–H and O–H groups in total. The van der Waals surface area contributed by atoms with Gasteiger partial charge in [0.05, 0.1) is 6.10 Å². The van der Waals surface area contributed by atoms with Crippen LogP contribution in [-0.2, 0) is 0 Å². The molecule has 3 rings (SSSR count). The molecule has 0 aromatic heterocycles. The van der Waals surface area contributed by atoms with Crippen LogP contribution in [0.5, 0.6) is 0 Å². The van der Waals surface area contributed by atoms with Gasteiger partial charge in [0.1, 0.15) is 11.8 Å². The average Bonchev–Trinajstić information content (AvgIpc) is 3.00. The van der Waals surface area contributed by atoms with Crippen molar-refractivity contribution >= 4 is 0 Å². The molecule has 0 heterocycles. The standard InChI is InChI=1S/C27H42F2O/c1-18(8-6-14-26(3,4)29)23-12-13-24-20(9-7-15-27(23,24)5)10-11-21-16-22(30)17-25(28)19(21)2/h10-11,18,22-25,30H,2,6-9,12-17H2,1,3-5H3/b20-10+,21-11-/t18-,22+,23-,24+,25-,27-/m1/s1. The normalized spacial score (nSPS) is 38.8. The summed E-state index contributed by atoms with van der Waals surface area (Å²) in [6.07, 6.45) is 12.0. The monoisotopic (exact) mass is 420 g/mol. The van der Waals surface area contributed by atoms with Crippen LogP contribution in [0.1, 0.15) is 91.9 Å². The topological polar surface area (TPSA) is 20.2 Å². The van der Waals surface area contributed by atoms with Crippen LogP contribution in [0.4, 0.5) is 8.78 Å². The Morgan fingerprint density at radius 3 is 2.73 bits per heavy atom. The molecule has 170 valence electrons. The van der Waals surface area contributed by atoms with Crippen molar-refractivity contribution in [2.24, 2.45) is 23.2 Å². The van der Waals surface area contributed by atoms with E-state index >= 15 is 0 Å². The largest absolute Gasteiger partial charge is 0.393 e. The van der Waals surface area contributed by atoms with Gasteiger partial charge >= 0.3 is 0 Å². The van der Waals surface area contributed by atoms with Crippen LogP contribution >= 0.6 is 0 Å². The lowest BCUT2D eigenvalue weighted by atomic mass is 9.60. The maximum absolute atomic E-state index is 14.1. The van der Waals surface area contributed by atoms with Crippen molar-refractivity contribution in [1.29, 1.82) is 0 Å². The van der Waals surface area contributed by atoms with Gasteiger partial charge in [-0.15, -0.1) is 0 Å². The second kappa shape index (κ2) is 9.27. The number of hydrogen-bond acceptors (Lipinski definition) is 1. The summed E-state index contributed by atoms with van der Waals surface area (Å²) in [6, 6.07) is 0. The van der Waals surface area contributed by atoms with Crippen molar-refractivity contribution in [3.05, 3.63) is 35.5 Å². The van der Waals surface area contributed by atoms with Crippen LogP contribution in [0.2, 0.25) is 0 Å². The first-order chi connectivity index (χ1) is 14.0. The van der Waals surface area contributed by atoms with E-state index < -0.39 is 17.9 Å². The van der Waals surface area contributed by atoms with Gasteiger partial charge in [0.15, 0.2) is 0 Å². The molecule has 6 atom stereocenters. The summed E-state index contributed by atoms with van der Waals surface area (Å²) in [5, 5.41) is 9.95. The summed E-state index contributed by atoms with van der Waals surface area (Å²) in [4.78, 5) is 0. The zero-order valence-electron chi connectivity index (χ0n) is 19.5. The minimum Gasteiger partial charge on any atom is -0.393 e. The highest BCUT2D eigenvalue weighted by Gasteiger charge is 2.50. The van der Waals surface area contributed by atoms with E-state index in [1.54, 1.807) is 13.8 Å². The van der Waals surface area contributed by atoms with E-state index in [1.165, 1.54) is 31.3 Å². The predicted molar refractivity (Wildman–Crippen MR) is 122 cm³/mol. The van der Waals surface area contributed by atoms with E-state index in [0.717, 1.165) is 24.8 Å². The van der Waals surface area contributed by atoms with E-state index in [9.17, 15) is 13.9 Å². The molecule has 3 fully saturated rings. The fourth-order valence-corrected chi connectivity index (χ4v) is 6.69. The summed E-state index contributed by atoms with van der Waals surface area (Å²) in [7, 11) is 0. The minimum atomic E-state index is -1.12. The molecule has 3 saturated carbocycles. The van der Waals surface area contributed by atoms with Gasteiger partial charge in [-0.05, 0) is 93.1 Å². The van der Waals surface area contributed by atoms with E-state index in [-0.39, 0.29) is 6.42 Å². The fraction of sp³-hybridized carbons (Fsp3) is 0.778. The molecule has 0 spiro atoms. The quantitative estimate of drug-likeness (QED) is 0.467. The second-order valence-electron chi connectivity index (χ2n) is 11.2. The first kappa shape index (κ1) is 23.7. The van der Waals surface area contributed by atoms with Crippen LogP contribution in [0, 0.1) is 23.2 Å². The van der Waals surface area contributed by atoms with Crippen LogP contribution in [-0.4, -0.2) is 23.1 Å². The maximum Gasteiger partial charge on any atom is 0.127 e. The Kier molecular flexibility index (Phi) is 7.32. The second-order valence-corrected chi connectivity index (χ2v) is 11.2. The third-order valence-corrected chi connectivity index (χ3v) is 8.38. The summed E-state index contributed by atoms with van der Waals surface area (Å²) in [5.74, 6) is 1.92. The number of allylic oxidation sites excluding steroid dienone is 4. The highest BCUT2D eigenvalue weighted by atomic mass is 19.1. The molecular formula is C27H42F2O.